The van der Waals surface area contributed by atoms with Crippen LogP contribution < -0.4 is 14.2 Å². The molecule has 7 nitrogen and oxygen atoms in total. The van der Waals surface area contributed by atoms with E-state index in [2.05, 4.69) is 4.98 Å². The molecule has 3 rings (SSSR count). The third kappa shape index (κ3) is 5.09. The number of rotatable bonds is 8. The van der Waals surface area contributed by atoms with Crippen LogP contribution in [0.15, 0.2) is 47.9 Å². The summed E-state index contributed by atoms with van der Waals surface area (Å²) < 4.78 is 20.9. The van der Waals surface area contributed by atoms with Crippen LogP contribution >= 0.6 is 11.3 Å². The highest BCUT2D eigenvalue weighted by Crippen LogP contribution is 2.33. The summed E-state index contributed by atoms with van der Waals surface area (Å²) in [7, 11) is 4.62. The number of thiazole rings is 1. The quantitative estimate of drug-likeness (QED) is 0.424. The molecule has 0 aliphatic carbocycles. The number of methoxy groups -OCH3 is 3. The smallest absolute Gasteiger partial charge is 0.331 e. The maximum Gasteiger partial charge on any atom is 0.331 e. The molecule has 0 bridgehead atoms. The minimum absolute atomic E-state index is 0.0334. The van der Waals surface area contributed by atoms with E-state index in [9.17, 15) is 9.90 Å². The molecule has 30 heavy (non-hydrogen) atoms. The molecule has 0 unspecified atom stereocenters. The van der Waals surface area contributed by atoms with Crippen LogP contribution in [0, 0.1) is 0 Å². The van der Waals surface area contributed by atoms with Crippen molar-refractivity contribution in [2.45, 2.75) is 6.61 Å². The van der Waals surface area contributed by atoms with Gasteiger partial charge in [-0.15, -0.1) is 11.3 Å². The Balaban J connectivity index is 1.60. The zero-order chi connectivity index (χ0) is 21.5. The summed E-state index contributed by atoms with van der Waals surface area (Å²) in [5.41, 5.74) is 2.24. The van der Waals surface area contributed by atoms with E-state index in [1.54, 1.807) is 32.4 Å². The van der Waals surface area contributed by atoms with Gasteiger partial charge in [-0.05, 0) is 42.0 Å². The molecular formula is C22H21NO6S. The van der Waals surface area contributed by atoms with Gasteiger partial charge in [-0.1, -0.05) is 6.07 Å². The van der Waals surface area contributed by atoms with Crippen LogP contribution in [-0.2, 0) is 16.1 Å². The van der Waals surface area contributed by atoms with Gasteiger partial charge in [-0.3, -0.25) is 0 Å². The van der Waals surface area contributed by atoms with Gasteiger partial charge in [-0.25, -0.2) is 9.78 Å². The first-order valence-electron chi connectivity index (χ1n) is 8.92. The Kier molecular flexibility index (Phi) is 6.92. The number of esters is 1. The van der Waals surface area contributed by atoms with Crippen molar-refractivity contribution >= 4 is 23.4 Å². The highest BCUT2D eigenvalue weighted by atomic mass is 32.1. The highest BCUT2D eigenvalue weighted by molar-refractivity contribution is 7.13. The van der Waals surface area contributed by atoms with Gasteiger partial charge < -0.3 is 24.1 Å². The van der Waals surface area contributed by atoms with E-state index in [-0.39, 0.29) is 12.4 Å². The van der Waals surface area contributed by atoms with Crippen molar-refractivity contribution in [2.24, 2.45) is 0 Å². The Labute approximate surface area is 178 Å². The molecule has 0 aliphatic heterocycles. The molecule has 0 spiro atoms. The van der Waals surface area contributed by atoms with Gasteiger partial charge >= 0.3 is 5.97 Å². The zero-order valence-corrected chi connectivity index (χ0v) is 17.6. The molecule has 0 amide bonds. The van der Waals surface area contributed by atoms with Crippen molar-refractivity contribution in [1.29, 1.82) is 0 Å². The van der Waals surface area contributed by atoms with Crippen LogP contribution in [0.4, 0.5) is 0 Å². The Morgan fingerprint density at radius 1 is 1.03 bits per heavy atom. The van der Waals surface area contributed by atoms with Crippen molar-refractivity contribution in [2.75, 3.05) is 21.3 Å². The first-order chi connectivity index (χ1) is 14.5. The Hall–Kier alpha value is -3.52. The maximum absolute atomic E-state index is 12.0. The predicted octanol–water partition coefficient (Wildman–Crippen LogP) is 4.30. The minimum Gasteiger partial charge on any atom is -0.504 e. The van der Waals surface area contributed by atoms with E-state index in [1.807, 2.05) is 23.6 Å². The fourth-order valence-corrected chi connectivity index (χ4v) is 3.43. The monoisotopic (exact) mass is 427 g/mol. The fraction of sp³-hybridized carbons (Fsp3) is 0.182. The Morgan fingerprint density at radius 2 is 1.80 bits per heavy atom. The van der Waals surface area contributed by atoms with E-state index >= 15 is 0 Å². The second-order valence-electron chi connectivity index (χ2n) is 6.09. The summed E-state index contributed by atoms with van der Waals surface area (Å²) >= 11 is 1.45. The molecule has 0 atom stereocenters. The Bertz CT molecular complexity index is 1060. The molecule has 0 radical (unpaired) electrons. The largest absolute Gasteiger partial charge is 0.504 e. The number of aromatic nitrogens is 1. The molecule has 1 heterocycles. The maximum atomic E-state index is 12.0. The third-order valence-corrected chi connectivity index (χ3v) is 5.10. The molecule has 2 aromatic carbocycles. The topological polar surface area (TPSA) is 87.1 Å². The van der Waals surface area contributed by atoms with E-state index in [4.69, 9.17) is 18.9 Å². The molecule has 0 aliphatic rings. The van der Waals surface area contributed by atoms with Crippen molar-refractivity contribution in [3.8, 4) is 33.6 Å². The number of carbonyl (C=O) groups excluding carboxylic acids is 1. The second-order valence-corrected chi connectivity index (χ2v) is 6.94. The van der Waals surface area contributed by atoms with E-state index in [0.29, 0.717) is 28.5 Å². The number of hydrogen-bond donors (Lipinski definition) is 1. The molecule has 0 fully saturated rings. The van der Waals surface area contributed by atoms with Gasteiger partial charge in [-0.2, -0.15) is 0 Å². The van der Waals surface area contributed by atoms with E-state index in [1.165, 1.54) is 30.6 Å². The molecule has 8 heteroatoms. The number of benzene rings is 2. The fourth-order valence-electron chi connectivity index (χ4n) is 2.63. The molecule has 0 saturated carbocycles. The number of phenols is 1. The zero-order valence-electron chi connectivity index (χ0n) is 16.7. The second kappa shape index (κ2) is 9.80. The number of ether oxygens (including phenoxy) is 4. The molecule has 1 aromatic heterocycles. The Morgan fingerprint density at radius 3 is 2.53 bits per heavy atom. The van der Waals surface area contributed by atoms with Gasteiger partial charge in [0.2, 0.25) is 0 Å². The summed E-state index contributed by atoms with van der Waals surface area (Å²) in [6.07, 6.45) is 2.90. The van der Waals surface area contributed by atoms with Crippen LogP contribution in [-0.4, -0.2) is 37.4 Å². The van der Waals surface area contributed by atoms with Gasteiger partial charge in [0.1, 0.15) is 11.6 Å². The lowest BCUT2D eigenvalue weighted by atomic mass is 10.2. The lowest BCUT2D eigenvalue weighted by Crippen LogP contribution is -2.01. The molecule has 3 aromatic rings. The van der Waals surface area contributed by atoms with Crippen molar-refractivity contribution in [3.05, 3.63) is 59.1 Å². The normalized spacial score (nSPS) is 10.8. The lowest BCUT2D eigenvalue weighted by Gasteiger charge is -2.08. The number of carbonyl (C=O) groups is 1. The van der Waals surface area contributed by atoms with Gasteiger partial charge in [0.15, 0.2) is 23.0 Å². The first-order valence-corrected chi connectivity index (χ1v) is 9.80. The molecule has 0 saturated heterocycles. The summed E-state index contributed by atoms with van der Waals surface area (Å²) in [4.78, 5) is 16.5. The number of hydrogen-bond acceptors (Lipinski definition) is 8. The summed E-state index contributed by atoms with van der Waals surface area (Å²) in [5.74, 6) is 1.13. The summed E-state index contributed by atoms with van der Waals surface area (Å²) in [5, 5.41) is 12.2. The summed E-state index contributed by atoms with van der Waals surface area (Å²) in [6.45, 7) is 0.0614. The molecular weight excluding hydrogens is 406 g/mol. The average Bonchev–Trinajstić information content (AvgIpc) is 3.25. The number of phenolic OH excluding ortho intramolecular Hbond substituents is 1. The molecule has 156 valence electrons. The average molecular weight is 427 g/mol. The van der Waals surface area contributed by atoms with Gasteiger partial charge in [0.25, 0.3) is 0 Å². The van der Waals surface area contributed by atoms with Crippen molar-refractivity contribution < 1.29 is 28.8 Å². The van der Waals surface area contributed by atoms with E-state index < -0.39 is 5.97 Å². The standard InChI is InChI=1S/C22H21NO6S/c1-26-18-8-6-15(11-20(18)28-3)22-23-16(13-30-22)12-29-21(25)9-5-14-4-7-17(24)19(10-14)27-2/h4-11,13,24H,12H2,1-3H3. The highest BCUT2D eigenvalue weighted by Gasteiger charge is 2.10. The lowest BCUT2D eigenvalue weighted by molar-refractivity contribution is -0.139. The van der Waals surface area contributed by atoms with Crippen LogP contribution in [0.25, 0.3) is 16.6 Å². The SMILES string of the molecule is COc1cc(C=CC(=O)OCc2csc(-c3ccc(OC)c(OC)c3)n2)ccc1O. The van der Waals surface area contributed by atoms with E-state index in [0.717, 1.165) is 10.6 Å². The van der Waals surface area contributed by atoms with Gasteiger partial charge in [0.05, 0.1) is 27.0 Å². The first kappa shape index (κ1) is 21.2. The summed E-state index contributed by atoms with van der Waals surface area (Å²) in [6, 6.07) is 10.3. The van der Waals surface area contributed by atoms with Crippen molar-refractivity contribution in [1.82, 2.24) is 4.98 Å². The predicted molar refractivity (Wildman–Crippen MR) is 114 cm³/mol. The van der Waals surface area contributed by atoms with Crippen LogP contribution in [0.5, 0.6) is 23.0 Å². The molecule has 1 N–H and O–H groups in total. The minimum atomic E-state index is -0.497. The van der Waals surface area contributed by atoms with Crippen LogP contribution in [0.1, 0.15) is 11.3 Å². The van der Waals surface area contributed by atoms with Crippen LogP contribution in [0.3, 0.4) is 0 Å². The third-order valence-electron chi connectivity index (χ3n) is 4.16. The van der Waals surface area contributed by atoms with Crippen molar-refractivity contribution in [3.63, 3.8) is 0 Å². The number of nitrogens with zero attached hydrogens (tertiary/aromatic N) is 1. The van der Waals surface area contributed by atoms with Crippen LogP contribution in [0.2, 0.25) is 0 Å². The van der Waals surface area contributed by atoms with Gasteiger partial charge in [0, 0.05) is 17.0 Å². The number of aromatic hydroxyl groups is 1.